The Balaban J connectivity index is 0.00000169. The molecule has 0 radical (unpaired) electrons. The van der Waals surface area contributed by atoms with Crippen molar-refractivity contribution >= 4 is 29.2 Å². The van der Waals surface area contributed by atoms with Crippen LogP contribution in [-0.4, -0.2) is 17.7 Å². The molecule has 1 aromatic rings. The van der Waals surface area contributed by atoms with E-state index in [0.29, 0.717) is 15.8 Å². The quantitative estimate of drug-likeness (QED) is 0.726. The molecule has 0 bridgehead atoms. The SMILES string of the molecule is O=C(O)COc1ccc(Cl)cc1Cl.[Na+]. The Bertz CT molecular complexity index is 330. The number of benzene rings is 1. The van der Waals surface area contributed by atoms with Gasteiger partial charge in [-0.3, -0.25) is 0 Å². The molecule has 0 aromatic heterocycles. The van der Waals surface area contributed by atoms with E-state index in [0.717, 1.165) is 0 Å². The summed E-state index contributed by atoms with van der Waals surface area (Å²) in [5, 5.41) is 9.11. The number of carbonyl (C=O) groups is 1. The van der Waals surface area contributed by atoms with Crippen LogP contribution in [0, 0.1) is 0 Å². The monoisotopic (exact) mass is 243 g/mol. The Morgan fingerprint density at radius 2 is 2.07 bits per heavy atom. The first-order valence-corrected chi connectivity index (χ1v) is 4.15. The topological polar surface area (TPSA) is 46.5 Å². The Morgan fingerprint density at radius 1 is 1.43 bits per heavy atom. The van der Waals surface area contributed by atoms with Gasteiger partial charge in [-0.2, -0.15) is 0 Å². The summed E-state index contributed by atoms with van der Waals surface area (Å²) in [4.78, 5) is 10.2. The first kappa shape index (κ1) is 14.1. The summed E-state index contributed by atoms with van der Waals surface area (Å²) in [6, 6.07) is 4.58. The molecule has 0 saturated heterocycles. The fourth-order valence-corrected chi connectivity index (χ4v) is 1.19. The van der Waals surface area contributed by atoms with Crippen LogP contribution in [0.3, 0.4) is 0 Å². The standard InChI is InChI=1S/C8H6Cl2O3.Na/c9-5-1-2-7(6(10)3-5)13-4-8(11)12;/h1-3H,4H2,(H,11,12);/q;+1. The van der Waals surface area contributed by atoms with Gasteiger partial charge in [-0.25, -0.2) is 4.79 Å². The predicted octanol–water partition coefficient (Wildman–Crippen LogP) is -0.539. The molecule has 0 heterocycles. The third-order valence-electron chi connectivity index (χ3n) is 1.25. The summed E-state index contributed by atoms with van der Waals surface area (Å²) in [5.41, 5.74) is 0. The Labute approximate surface area is 113 Å². The van der Waals surface area contributed by atoms with Crippen molar-refractivity contribution in [3.63, 3.8) is 0 Å². The molecule has 14 heavy (non-hydrogen) atoms. The molecule has 0 atom stereocenters. The van der Waals surface area contributed by atoms with E-state index in [9.17, 15) is 4.79 Å². The third-order valence-corrected chi connectivity index (χ3v) is 1.78. The van der Waals surface area contributed by atoms with Crippen LogP contribution in [0.4, 0.5) is 0 Å². The number of aliphatic carboxylic acids is 1. The summed E-state index contributed by atoms with van der Waals surface area (Å²) in [6.07, 6.45) is 0. The van der Waals surface area contributed by atoms with Gasteiger partial charge in [0, 0.05) is 5.02 Å². The van der Waals surface area contributed by atoms with Crippen molar-refractivity contribution in [2.75, 3.05) is 6.61 Å². The van der Waals surface area contributed by atoms with Gasteiger partial charge < -0.3 is 9.84 Å². The number of halogens is 2. The van der Waals surface area contributed by atoms with E-state index in [1.165, 1.54) is 12.1 Å². The predicted molar refractivity (Wildman–Crippen MR) is 49.6 cm³/mol. The zero-order valence-corrected chi connectivity index (χ0v) is 11.0. The van der Waals surface area contributed by atoms with Crippen LogP contribution in [-0.2, 0) is 4.79 Å². The van der Waals surface area contributed by atoms with Gasteiger partial charge in [0.05, 0.1) is 5.02 Å². The van der Waals surface area contributed by atoms with Gasteiger partial charge in [0.25, 0.3) is 0 Å². The van der Waals surface area contributed by atoms with Crippen LogP contribution < -0.4 is 34.3 Å². The minimum absolute atomic E-state index is 0. The molecule has 0 aliphatic heterocycles. The Morgan fingerprint density at radius 3 is 2.57 bits per heavy atom. The van der Waals surface area contributed by atoms with Gasteiger partial charge in [0.15, 0.2) is 6.61 Å². The minimum atomic E-state index is -1.05. The summed E-state index contributed by atoms with van der Waals surface area (Å²) < 4.78 is 4.86. The summed E-state index contributed by atoms with van der Waals surface area (Å²) >= 11 is 11.3. The van der Waals surface area contributed by atoms with Crippen molar-refractivity contribution in [2.45, 2.75) is 0 Å². The largest absolute Gasteiger partial charge is 1.00 e. The molecule has 1 rings (SSSR count). The third kappa shape index (κ3) is 4.53. The Kier molecular flexibility index (Phi) is 6.57. The normalized spacial score (nSPS) is 9.00. The average molecular weight is 244 g/mol. The van der Waals surface area contributed by atoms with Gasteiger partial charge in [-0.15, -0.1) is 0 Å². The molecular weight excluding hydrogens is 238 g/mol. The number of carboxylic acids is 1. The van der Waals surface area contributed by atoms with E-state index in [1.54, 1.807) is 6.07 Å². The van der Waals surface area contributed by atoms with Gasteiger partial charge in [0.2, 0.25) is 0 Å². The maximum absolute atomic E-state index is 10.2. The second-order valence-electron chi connectivity index (χ2n) is 2.26. The smallest absolute Gasteiger partial charge is 0.480 e. The minimum Gasteiger partial charge on any atom is -0.480 e. The molecule has 0 spiro atoms. The molecule has 70 valence electrons. The van der Waals surface area contributed by atoms with E-state index in [1.807, 2.05) is 0 Å². The van der Waals surface area contributed by atoms with Crippen molar-refractivity contribution in [1.29, 1.82) is 0 Å². The van der Waals surface area contributed by atoms with E-state index >= 15 is 0 Å². The van der Waals surface area contributed by atoms with Crippen LogP contribution in [0.5, 0.6) is 5.75 Å². The molecule has 1 aromatic carbocycles. The summed E-state index contributed by atoms with van der Waals surface area (Å²) in [5.74, 6) is -0.737. The Hall–Kier alpha value is 0.0700. The fraction of sp³-hybridized carbons (Fsp3) is 0.125. The first-order valence-electron chi connectivity index (χ1n) is 3.39. The van der Waals surface area contributed by atoms with E-state index in [4.69, 9.17) is 33.0 Å². The second kappa shape index (κ2) is 6.53. The van der Waals surface area contributed by atoms with Gasteiger partial charge >= 0.3 is 35.5 Å². The van der Waals surface area contributed by atoms with Crippen molar-refractivity contribution in [3.8, 4) is 5.75 Å². The van der Waals surface area contributed by atoms with E-state index in [2.05, 4.69) is 0 Å². The van der Waals surface area contributed by atoms with Gasteiger partial charge in [-0.1, -0.05) is 23.2 Å². The van der Waals surface area contributed by atoms with E-state index in [-0.39, 0.29) is 29.6 Å². The molecule has 0 fully saturated rings. The molecule has 0 saturated carbocycles. The van der Waals surface area contributed by atoms with Gasteiger partial charge in [-0.05, 0) is 18.2 Å². The molecule has 0 aliphatic rings. The first-order chi connectivity index (χ1) is 6.09. The number of hydrogen-bond acceptors (Lipinski definition) is 2. The summed E-state index contributed by atoms with van der Waals surface area (Å²) in [6.45, 7) is -0.415. The molecule has 0 aliphatic carbocycles. The fourth-order valence-electron chi connectivity index (χ4n) is 0.732. The van der Waals surface area contributed by atoms with Crippen LogP contribution >= 0.6 is 23.2 Å². The van der Waals surface area contributed by atoms with Crippen LogP contribution in [0.25, 0.3) is 0 Å². The molecular formula is C8H6Cl2NaO3+. The van der Waals surface area contributed by atoms with Crippen LogP contribution in [0.2, 0.25) is 10.0 Å². The summed E-state index contributed by atoms with van der Waals surface area (Å²) in [7, 11) is 0. The van der Waals surface area contributed by atoms with Crippen molar-refractivity contribution in [2.24, 2.45) is 0 Å². The molecule has 6 heteroatoms. The zero-order valence-electron chi connectivity index (χ0n) is 7.46. The van der Waals surface area contributed by atoms with Gasteiger partial charge in [0.1, 0.15) is 5.75 Å². The van der Waals surface area contributed by atoms with Crippen LogP contribution in [0.1, 0.15) is 0 Å². The molecule has 1 N–H and O–H groups in total. The maximum Gasteiger partial charge on any atom is 1.00 e. The van der Waals surface area contributed by atoms with Crippen molar-refractivity contribution in [3.05, 3.63) is 28.2 Å². The maximum atomic E-state index is 10.2. The average Bonchev–Trinajstić information content (AvgIpc) is 2.02. The van der Waals surface area contributed by atoms with Crippen molar-refractivity contribution < 1.29 is 44.2 Å². The number of rotatable bonds is 3. The second-order valence-corrected chi connectivity index (χ2v) is 3.10. The van der Waals surface area contributed by atoms with E-state index < -0.39 is 12.6 Å². The molecule has 0 unspecified atom stereocenters. The number of ether oxygens (including phenoxy) is 1. The number of hydrogen-bond donors (Lipinski definition) is 1. The van der Waals surface area contributed by atoms with Crippen LogP contribution in [0.15, 0.2) is 18.2 Å². The zero-order chi connectivity index (χ0) is 9.84. The number of carboxylic acid groups (broad SMARTS) is 1. The molecule has 0 amide bonds. The molecule has 3 nitrogen and oxygen atoms in total. The van der Waals surface area contributed by atoms with Crippen molar-refractivity contribution in [1.82, 2.24) is 0 Å².